The van der Waals surface area contributed by atoms with Crippen LogP contribution in [0, 0.1) is 0 Å². The first-order valence-electron chi connectivity index (χ1n) is 9.60. The molecular formula is C18H40N2O5S. The summed E-state index contributed by atoms with van der Waals surface area (Å²) in [6.45, 7) is 4.18. The van der Waals surface area contributed by atoms with Crippen LogP contribution in [0.4, 0.5) is 0 Å². The third-order valence-electron chi connectivity index (χ3n) is 3.79. The maximum Gasteiger partial charge on any atom is 0.219 e. The molecule has 0 aromatic carbocycles. The van der Waals surface area contributed by atoms with E-state index in [1.807, 2.05) is 0 Å². The van der Waals surface area contributed by atoms with E-state index in [1.165, 1.54) is 44.9 Å². The summed E-state index contributed by atoms with van der Waals surface area (Å²) in [6.07, 6.45) is 12.1. The fourth-order valence-corrected chi connectivity index (χ4v) is 2.29. The molecule has 0 radical (unpaired) electrons. The highest BCUT2D eigenvalue weighted by atomic mass is 32.3. The maximum atomic E-state index is 11.6. The average Bonchev–Trinajstić information content (AvgIpc) is 2.53. The Morgan fingerprint density at radius 3 is 1.85 bits per heavy atom. The lowest BCUT2D eigenvalue weighted by molar-refractivity contribution is -0.870. The van der Waals surface area contributed by atoms with Crippen LogP contribution in [-0.4, -0.2) is 64.7 Å². The molecule has 0 heterocycles. The minimum absolute atomic E-state index is 0.234. The highest BCUT2D eigenvalue weighted by Crippen LogP contribution is 2.09. The number of nitrogens with one attached hydrogen (secondary N) is 1. The SMILES string of the molecule is CCCCCCCCCCC(=O)NCCC[N+](C)(C)C.COS(=O)(=O)[O-]. The van der Waals surface area contributed by atoms with Crippen LogP contribution in [-0.2, 0) is 19.4 Å². The second-order valence-electron chi connectivity index (χ2n) is 7.52. The number of unbranched alkanes of at least 4 members (excludes halogenated alkanes) is 7. The molecule has 0 aliphatic carbocycles. The molecular weight excluding hydrogens is 356 g/mol. The minimum Gasteiger partial charge on any atom is -0.726 e. The van der Waals surface area contributed by atoms with Gasteiger partial charge >= 0.3 is 0 Å². The smallest absolute Gasteiger partial charge is 0.219 e. The molecule has 0 rings (SSSR count). The largest absolute Gasteiger partial charge is 0.726 e. The van der Waals surface area contributed by atoms with Gasteiger partial charge in [-0.1, -0.05) is 51.9 Å². The highest BCUT2D eigenvalue weighted by Gasteiger charge is 2.06. The molecule has 0 aromatic rings. The Balaban J connectivity index is 0. The fraction of sp³-hybridized carbons (Fsp3) is 0.944. The molecule has 7 nitrogen and oxygen atoms in total. The zero-order valence-electron chi connectivity index (χ0n) is 17.4. The van der Waals surface area contributed by atoms with Crippen LogP contribution in [0.3, 0.4) is 0 Å². The zero-order valence-corrected chi connectivity index (χ0v) is 18.2. The molecule has 0 bridgehead atoms. The van der Waals surface area contributed by atoms with Crippen molar-refractivity contribution in [3.63, 3.8) is 0 Å². The molecule has 0 spiro atoms. The first kappa shape index (κ1) is 27.5. The molecule has 1 N–H and O–H groups in total. The summed E-state index contributed by atoms with van der Waals surface area (Å²) in [6, 6.07) is 0. The van der Waals surface area contributed by atoms with Crippen molar-refractivity contribution in [2.24, 2.45) is 0 Å². The normalized spacial score (nSPS) is 11.6. The van der Waals surface area contributed by atoms with Crippen molar-refractivity contribution in [2.45, 2.75) is 71.1 Å². The Kier molecular flexibility index (Phi) is 17.4. The number of amides is 1. The summed E-state index contributed by atoms with van der Waals surface area (Å²) in [5, 5.41) is 3.03. The first-order valence-corrected chi connectivity index (χ1v) is 10.9. The van der Waals surface area contributed by atoms with Crippen molar-refractivity contribution >= 4 is 16.3 Å². The van der Waals surface area contributed by atoms with Gasteiger partial charge in [-0.05, 0) is 6.42 Å². The third-order valence-corrected chi connectivity index (χ3v) is 4.20. The summed E-state index contributed by atoms with van der Waals surface area (Å²) in [5.41, 5.74) is 0. The predicted octanol–water partition coefficient (Wildman–Crippen LogP) is 2.82. The van der Waals surface area contributed by atoms with E-state index in [0.717, 1.165) is 37.5 Å². The number of rotatable bonds is 14. The van der Waals surface area contributed by atoms with Crippen LogP contribution < -0.4 is 5.32 Å². The lowest BCUT2D eigenvalue weighted by Gasteiger charge is -2.23. The number of quaternary nitrogens is 1. The van der Waals surface area contributed by atoms with Crippen molar-refractivity contribution in [3.8, 4) is 0 Å². The Morgan fingerprint density at radius 2 is 1.42 bits per heavy atom. The van der Waals surface area contributed by atoms with Crippen LogP contribution in [0.1, 0.15) is 71.1 Å². The Morgan fingerprint density at radius 1 is 0.962 bits per heavy atom. The van der Waals surface area contributed by atoms with Crippen molar-refractivity contribution in [2.75, 3.05) is 41.3 Å². The van der Waals surface area contributed by atoms with E-state index in [1.54, 1.807) is 0 Å². The van der Waals surface area contributed by atoms with Gasteiger partial charge in [0.1, 0.15) is 0 Å². The molecule has 0 aromatic heterocycles. The van der Waals surface area contributed by atoms with E-state index in [4.69, 9.17) is 0 Å². The molecule has 0 saturated carbocycles. The summed E-state index contributed by atoms with van der Waals surface area (Å²) < 4.78 is 32.0. The molecule has 1 amide bonds. The van der Waals surface area contributed by atoms with Crippen molar-refractivity contribution < 1.29 is 26.4 Å². The first-order chi connectivity index (χ1) is 12.0. The van der Waals surface area contributed by atoms with Gasteiger partial charge in [0.2, 0.25) is 16.3 Å². The highest BCUT2D eigenvalue weighted by molar-refractivity contribution is 7.80. The number of nitrogens with zero attached hydrogens (tertiary/aromatic N) is 1. The Bertz CT molecular complexity index is 433. The second kappa shape index (κ2) is 16.5. The number of carbonyl (C=O) groups is 1. The van der Waals surface area contributed by atoms with Gasteiger partial charge < -0.3 is 14.4 Å². The van der Waals surface area contributed by atoms with E-state index >= 15 is 0 Å². The number of hydrogen-bond acceptors (Lipinski definition) is 5. The second-order valence-corrected chi connectivity index (χ2v) is 8.67. The van der Waals surface area contributed by atoms with Gasteiger partial charge in [0.05, 0.1) is 34.8 Å². The van der Waals surface area contributed by atoms with Gasteiger partial charge in [-0.2, -0.15) is 0 Å². The third kappa shape index (κ3) is 28.1. The van der Waals surface area contributed by atoms with Crippen molar-refractivity contribution in [3.05, 3.63) is 0 Å². The zero-order chi connectivity index (χ0) is 20.5. The van der Waals surface area contributed by atoms with E-state index in [-0.39, 0.29) is 5.91 Å². The molecule has 0 saturated heterocycles. The lowest BCUT2D eigenvalue weighted by Crippen LogP contribution is -2.37. The molecule has 0 aliphatic rings. The maximum absolute atomic E-state index is 11.6. The topological polar surface area (TPSA) is 95.5 Å². The Labute approximate surface area is 161 Å². The summed E-state index contributed by atoms with van der Waals surface area (Å²) in [4.78, 5) is 11.6. The fourth-order valence-electron chi connectivity index (χ4n) is 2.29. The molecule has 0 atom stereocenters. The van der Waals surface area contributed by atoms with Crippen LogP contribution >= 0.6 is 0 Å². The van der Waals surface area contributed by atoms with Crippen molar-refractivity contribution in [1.82, 2.24) is 5.32 Å². The van der Waals surface area contributed by atoms with E-state index in [0.29, 0.717) is 6.42 Å². The number of carbonyl (C=O) groups excluding carboxylic acids is 1. The summed E-state index contributed by atoms with van der Waals surface area (Å²) >= 11 is 0. The molecule has 0 fully saturated rings. The quantitative estimate of drug-likeness (QED) is 0.211. The van der Waals surface area contributed by atoms with Gasteiger partial charge in [-0.3, -0.25) is 8.98 Å². The summed E-state index contributed by atoms with van der Waals surface area (Å²) in [5.74, 6) is 0.234. The minimum atomic E-state index is -4.41. The van der Waals surface area contributed by atoms with E-state index in [9.17, 15) is 17.8 Å². The van der Waals surface area contributed by atoms with Gasteiger partial charge in [0.15, 0.2) is 0 Å². The van der Waals surface area contributed by atoms with Crippen LogP contribution in [0.15, 0.2) is 0 Å². The molecule has 0 aliphatic heterocycles. The number of hydrogen-bond donors (Lipinski definition) is 1. The van der Waals surface area contributed by atoms with Crippen LogP contribution in [0.25, 0.3) is 0 Å². The monoisotopic (exact) mass is 396 g/mol. The van der Waals surface area contributed by atoms with E-state index in [2.05, 4.69) is 37.6 Å². The standard InChI is InChI=1S/C17H36N2O.CH4O4S/c1-5-6-7-8-9-10-11-12-14-17(20)18-15-13-16-19(2,3)4;1-5-6(2,3)4/h5-16H2,1-4H3;1H3,(H,2,3,4). The molecule has 0 unspecified atom stereocenters. The molecule has 8 heteroatoms. The van der Waals surface area contributed by atoms with Gasteiger partial charge in [-0.15, -0.1) is 0 Å². The van der Waals surface area contributed by atoms with Gasteiger partial charge in [0, 0.05) is 19.4 Å². The molecule has 26 heavy (non-hydrogen) atoms. The Hall–Kier alpha value is -0.700. The summed E-state index contributed by atoms with van der Waals surface area (Å²) in [7, 11) is 2.94. The van der Waals surface area contributed by atoms with Gasteiger partial charge in [0.25, 0.3) is 0 Å². The van der Waals surface area contributed by atoms with Crippen LogP contribution in [0.5, 0.6) is 0 Å². The van der Waals surface area contributed by atoms with Gasteiger partial charge in [-0.25, -0.2) is 8.42 Å². The van der Waals surface area contributed by atoms with Crippen molar-refractivity contribution in [1.29, 1.82) is 0 Å². The van der Waals surface area contributed by atoms with Crippen LogP contribution in [0.2, 0.25) is 0 Å². The molecule has 158 valence electrons. The average molecular weight is 397 g/mol. The predicted molar refractivity (Wildman–Crippen MR) is 104 cm³/mol. The van der Waals surface area contributed by atoms with E-state index < -0.39 is 10.4 Å². The lowest BCUT2D eigenvalue weighted by atomic mass is 10.1.